The summed E-state index contributed by atoms with van der Waals surface area (Å²) in [6.07, 6.45) is 0.517. The number of halogens is 1. The molecule has 1 unspecified atom stereocenters. The summed E-state index contributed by atoms with van der Waals surface area (Å²) in [5.41, 5.74) is 7.84. The number of hydrogen-bond donors (Lipinski definition) is 2. The molecule has 0 bridgehead atoms. The zero-order chi connectivity index (χ0) is 29.5. The first-order valence-electron chi connectivity index (χ1n) is 13.4. The van der Waals surface area contributed by atoms with Crippen LogP contribution in [-0.4, -0.2) is 43.4 Å². The normalized spacial score (nSPS) is 11.8. The van der Waals surface area contributed by atoms with Crippen molar-refractivity contribution in [2.75, 3.05) is 13.1 Å². The molecule has 41 heavy (non-hydrogen) atoms. The van der Waals surface area contributed by atoms with E-state index in [1.54, 1.807) is 59.5 Å². The van der Waals surface area contributed by atoms with Gasteiger partial charge in [-0.1, -0.05) is 44.2 Å². The van der Waals surface area contributed by atoms with Crippen molar-refractivity contribution in [1.29, 1.82) is 5.26 Å². The monoisotopic (exact) mass is 556 g/mol. The topological polar surface area (TPSA) is 130 Å². The predicted octanol–water partition coefficient (Wildman–Crippen LogP) is 3.77. The number of rotatable bonds is 11. The Morgan fingerprint density at radius 1 is 1.10 bits per heavy atom. The number of nitriles is 1. The van der Waals surface area contributed by atoms with E-state index < -0.39 is 17.5 Å². The Kier molecular flexibility index (Phi) is 9.45. The molecule has 10 heteroatoms. The highest BCUT2D eigenvalue weighted by Crippen LogP contribution is 2.30. The van der Waals surface area contributed by atoms with E-state index in [0.717, 1.165) is 4.68 Å². The summed E-state index contributed by atoms with van der Waals surface area (Å²) in [6.45, 7) is 4.49. The van der Waals surface area contributed by atoms with Gasteiger partial charge in [-0.05, 0) is 72.5 Å². The minimum atomic E-state index is -0.645. The molecular formula is C31H33FN6O3. The quantitative estimate of drug-likeness (QED) is 0.289. The fourth-order valence-electron chi connectivity index (χ4n) is 4.82. The Bertz CT molecular complexity index is 1600. The smallest absolute Gasteiger partial charge is 0.351 e. The van der Waals surface area contributed by atoms with Crippen molar-refractivity contribution < 1.29 is 14.3 Å². The summed E-state index contributed by atoms with van der Waals surface area (Å²) in [6, 6.07) is 20.7. The number of carbonyl (C=O) groups excluding carboxylic acids is 1. The van der Waals surface area contributed by atoms with Crippen molar-refractivity contribution in [3.63, 3.8) is 0 Å². The number of nitrogens with zero attached hydrogens (tertiary/aromatic N) is 5. The standard InChI is InChI=1S/C31H33FN6O3/c1-21(2)28(36(15-5-14-33)30(40)25-12-10-22(20-39)11-13-25)29-35-38(27-9-4-8-26(32)17-27)31(41)37(29)19-24-7-3-6-23(16-24)18-34/h3-4,6-13,16-17,21,28,39H,5,14-15,19-20,33H2,1-2H3. The van der Waals surface area contributed by atoms with Gasteiger partial charge in [-0.3, -0.25) is 9.36 Å². The third kappa shape index (κ3) is 6.60. The number of aliphatic hydroxyl groups is 1. The molecule has 3 N–H and O–H groups in total. The Balaban J connectivity index is 1.89. The van der Waals surface area contributed by atoms with Crippen LogP contribution in [-0.2, 0) is 13.2 Å². The van der Waals surface area contributed by atoms with Gasteiger partial charge in [-0.2, -0.15) is 9.94 Å². The van der Waals surface area contributed by atoms with Crippen LogP contribution in [0.25, 0.3) is 5.69 Å². The lowest BCUT2D eigenvalue weighted by Crippen LogP contribution is -2.40. The molecule has 0 aliphatic carbocycles. The van der Waals surface area contributed by atoms with Crippen LogP contribution in [0.15, 0.2) is 77.6 Å². The van der Waals surface area contributed by atoms with Gasteiger partial charge in [0.05, 0.1) is 36.5 Å². The Hall–Kier alpha value is -4.59. The molecule has 0 radical (unpaired) electrons. The maximum Gasteiger partial charge on any atom is 0.351 e. The molecule has 0 saturated heterocycles. The highest BCUT2D eigenvalue weighted by molar-refractivity contribution is 5.94. The first-order valence-corrected chi connectivity index (χ1v) is 13.4. The van der Waals surface area contributed by atoms with Crippen LogP contribution in [0.4, 0.5) is 4.39 Å². The summed E-state index contributed by atoms with van der Waals surface area (Å²) in [7, 11) is 0. The van der Waals surface area contributed by atoms with E-state index in [0.29, 0.717) is 47.6 Å². The Labute approximate surface area is 237 Å². The molecule has 0 aliphatic rings. The minimum absolute atomic E-state index is 0.0896. The Morgan fingerprint density at radius 3 is 2.46 bits per heavy atom. The van der Waals surface area contributed by atoms with Crippen molar-refractivity contribution in [3.05, 3.63) is 117 Å². The van der Waals surface area contributed by atoms with Gasteiger partial charge in [0.25, 0.3) is 5.91 Å². The summed E-state index contributed by atoms with van der Waals surface area (Å²) < 4.78 is 16.8. The van der Waals surface area contributed by atoms with Gasteiger partial charge < -0.3 is 15.7 Å². The van der Waals surface area contributed by atoms with Crippen LogP contribution in [0.2, 0.25) is 0 Å². The lowest BCUT2D eigenvalue weighted by atomic mass is 9.99. The molecule has 1 atom stereocenters. The number of carbonyl (C=O) groups is 1. The Morgan fingerprint density at radius 2 is 1.83 bits per heavy atom. The highest BCUT2D eigenvalue weighted by atomic mass is 19.1. The second-order valence-electron chi connectivity index (χ2n) is 10.1. The minimum Gasteiger partial charge on any atom is -0.392 e. The van der Waals surface area contributed by atoms with Crippen LogP contribution in [0, 0.1) is 23.1 Å². The van der Waals surface area contributed by atoms with E-state index in [-0.39, 0.29) is 30.7 Å². The molecule has 1 amide bonds. The van der Waals surface area contributed by atoms with Crippen LogP contribution in [0.3, 0.4) is 0 Å². The third-order valence-electron chi connectivity index (χ3n) is 6.82. The summed E-state index contributed by atoms with van der Waals surface area (Å²) in [4.78, 5) is 29.5. The van der Waals surface area contributed by atoms with Gasteiger partial charge in [-0.25, -0.2) is 9.18 Å². The first kappa shape index (κ1) is 29.4. The van der Waals surface area contributed by atoms with E-state index in [1.807, 2.05) is 13.8 Å². The summed E-state index contributed by atoms with van der Waals surface area (Å²) in [5, 5.41) is 23.5. The zero-order valence-corrected chi connectivity index (χ0v) is 23.1. The van der Waals surface area contributed by atoms with Gasteiger partial charge in [-0.15, -0.1) is 5.10 Å². The molecule has 3 aromatic carbocycles. The average molecular weight is 557 g/mol. The number of benzene rings is 3. The number of hydrogen-bond acceptors (Lipinski definition) is 6. The van der Waals surface area contributed by atoms with Crippen LogP contribution in [0.1, 0.15) is 59.2 Å². The maximum absolute atomic E-state index is 14.2. The third-order valence-corrected chi connectivity index (χ3v) is 6.82. The van der Waals surface area contributed by atoms with Crippen molar-refractivity contribution in [2.45, 2.75) is 39.5 Å². The SMILES string of the molecule is CC(C)C(c1nn(-c2cccc(F)c2)c(=O)n1Cc1cccc(C#N)c1)N(CCCN)C(=O)c1ccc(CO)cc1. The fourth-order valence-corrected chi connectivity index (χ4v) is 4.82. The van der Waals surface area contributed by atoms with Crippen molar-refractivity contribution in [1.82, 2.24) is 19.2 Å². The van der Waals surface area contributed by atoms with Gasteiger partial charge in [0.1, 0.15) is 5.82 Å². The van der Waals surface area contributed by atoms with Gasteiger partial charge in [0, 0.05) is 12.1 Å². The van der Waals surface area contributed by atoms with Gasteiger partial charge in [0.15, 0.2) is 5.82 Å². The number of nitrogens with two attached hydrogens (primary N) is 1. The molecule has 0 saturated carbocycles. The van der Waals surface area contributed by atoms with Gasteiger partial charge in [0.2, 0.25) is 0 Å². The number of aliphatic hydroxyl groups excluding tert-OH is 1. The van der Waals surface area contributed by atoms with Gasteiger partial charge >= 0.3 is 5.69 Å². The van der Waals surface area contributed by atoms with Crippen molar-refractivity contribution in [2.24, 2.45) is 11.7 Å². The average Bonchev–Trinajstić information content (AvgIpc) is 3.29. The molecule has 0 spiro atoms. The number of aromatic nitrogens is 3. The molecule has 9 nitrogen and oxygen atoms in total. The molecule has 0 aliphatic heterocycles. The number of amides is 1. The van der Waals surface area contributed by atoms with E-state index in [9.17, 15) is 24.3 Å². The maximum atomic E-state index is 14.2. The molecule has 4 aromatic rings. The first-order chi connectivity index (χ1) is 19.8. The second-order valence-corrected chi connectivity index (χ2v) is 10.1. The zero-order valence-electron chi connectivity index (χ0n) is 23.1. The fraction of sp³-hybridized carbons (Fsp3) is 0.290. The molecule has 1 aromatic heterocycles. The van der Waals surface area contributed by atoms with Crippen LogP contribution < -0.4 is 11.4 Å². The molecule has 0 fully saturated rings. The predicted molar refractivity (Wildman–Crippen MR) is 153 cm³/mol. The lowest BCUT2D eigenvalue weighted by Gasteiger charge is -2.34. The second kappa shape index (κ2) is 13.2. The molecule has 4 rings (SSSR count). The lowest BCUT2D eigenvalue weighted by molar-refractivity contribution is 0.0603. The summed E-state index contributed by atoms with van der Waals surface area (Å²) in [5.74, 6) is -0.638. The largest absolute Gasteiger partial charge is 0.392 e. The van der Waals surface area contributed by atoms with E-state index in [1.165, 1.54) is 22.8 Å². The molecule has 212 valence electrons. The molecular weight excluding hydrogens is 523 g/mol. The molecule has 1 heterocycles. The van der Waals surface area contributed by atoms with E-state index in [2.05, 4.69) is 6.07 Å². The van der Waals surface area contributed by atoms with Crippen molar-refractivity contribution >= 4 is 5.91 Å². The van der Waals surface area contributed by atoms with E-state index >= 15 is 0 Å². The van der Waals surface area contributed by atoms with Crippen LogP contribution in [0.5, 0.6) is 0 Å². The van der Waals surface area contributed by atoms with Crippen LogP contribution >= 0.6 is 0 Å². The van der Waals surface area contributed by atoms with E-state index in [4.69, 9.17) is 10.8 Å². The van der Waals surface area contributed by atoms with Crippen molar-refractivity contribution in [3.8, 4) is 11.8 Å². The summed E-state index contributed by atoms with van der Waals surface area (Å²) >= 11 is 0. The highest BCUT2D eigenvalue weighted by Gasteiger charge is 2.34.